The standard InChI is InChI=1S/C61H74N10O10S2/c1-35(2)51(60(80)81)70-58(78)50-34-82-83-61(3,4)52(71-53(73)44(63)31-39-19-14-18-38-17-8-9-20-42(38)39)59(79)68-48(29-36-15-6-5-7-16-36)55(75)67-49(32-40-33-64-45-22-11-10-21-43(40)45)57(77)65-46(23-12-13-28-62)54(74)66-47(56(76)69-50)30-37-24-26-41(72)27-25-37/h5-11,14-22,24-27,33,35,44,46-52,64,72H,12-13,23,28-32,34,62-63H2,1-4H3,(H,65,77)(H,66,74)(H,67,75)(H,68,79)(H,69,76)(H,70,78)(H,71,73)(H,80,81)/t44-,46-,47-,48-,49-,50-,51-,52+/m0/s1. The number of rotatable bonds is 18. The molecule has 1 aliphatic heterocycles. The number of nitrogens with one attached hydrogen (secondary N) is 8. The second-order valence-corrected chi connectivity index (χ2v) is 24.6. The molecule has 1 fully saturated rings. The van der Waals surface area contributed by atoms with Crippen molar-refractivity contribution in [1.82, 2.24) is 42.2 Å². The number of amides is 7. The number of hydrogen-bond acceptors (Lipinski definition) is 13. The molecule has 2 heterocycles. The smallest absolute Gasteiger partial charge is 0.326 e. The number of carbonyl (C=O) groups excluding carboxylic acids is 7. The maximum atomic E-state index is 15.3. The minimum atomic E-state index is -1.47. The number of H-pyrrole nitrogens is 1. The highest BCUT2D eigenvalue weighted by molar-refractivity contribution is 8.77. The Morgan fingerprint density at radius 3 is 1.89 bits per heavy atom. The van der Waals surface area contributed by atoms with E-state index < -0.39 is 106 Å². The van der Waals surface area contributed by atoms with E-state index in [1.165, 1.54) is 12.1 Å². The van der Waals surface area contributed by atoms with E-state index in [0.29, 0.717) is 29.5 Å². The van der Waals surface area contributed by atoms with Crippen molar-refractivity contribution in [2.24, 2.45) is 17.4 Å². The Kier molecular flexibility index (Phi) is 22.2. The number of benzene rings is 5. The fraction of sp³-hybridized carbons (Fsp3) is 0.377. The van der Waals surface area contributed by atoms with Gasteiger partial charge in [-0.15, -0.1) is 0 Å². The Morgan fingerprint density at radius 2 is 1.23 bits per heavy atom. The molecule has 0 aliphatic carbocycles. The molecule has 1 saturated heterocycles. The van der Waals surface area contributed by atoms with Crippen LogP contribution in [-0.2, 0) is 64.0 Å². The summed E-state index contributed by atoms with van der Waals surface area (Å²) in [6.07, 6.45) is 2.34. The number of carboxylic acids is 1. The van der Waals surface area contributed by atoms with Gasteiger partial charge in [0, 0.05) is 46.9 Å². The van der Waals surface area contributed by atoms with Crippen LogP contribution in [-0.4, -0.2) is 128 Å². The molecule has 7 amide bonds. The highest BCUT2D eigenvalue weighted by Crippen LogP contribution is 2.39. The quantitative estimate of drug-likeness (QED) is 0.0427. The Balaban J connectivity index is 1.32. The van der Waals surface area contributed by atoms with Crippen LogP contribution in [0.25, 0.3) is 21.7 Å². The van der Waals surface area contributed by atoms with E-state index in [9.17, 15) is 34.2 Å². The maximum absolute atomic E-state index is 15.3. The third-order valence-corrected chi connectivity index (χ3v) is 17.8. The fourth-order valence-corrected chi connectivity index (χ4v) is 12.6. The van der Waals surface area contributed by atoms with Crippen LogP contribution >= 0.6 is 21.6 Å². The molecule has 0 spiro atoms. The molecule has 440 valence electrons. The second kappa shape index (κ2) is 29.4. The maximum Gasteiger partial charge on any atom is 0.326 e. The van der Waals surface area contributed by atoms with Gasteiger partial charge in [0.05, 0.1) is 6.04 Å². The first-order chi connectivity index (χ1) is 39.7. The number of hydrogen-bond donors (Lipinski definition) is 12. The zero-order valence-electron chi connectivity index (χ0n) is 46.8. The van der Waals surface area contributed by atoms with Crippen molar-refractivity contribution in [2.45, 2.75) is 126 Å². The largest absolute Gasteiger partial charge is 0.508 e. The van der Waals surface area contributed by atoms with Crippen molar-refractivity contribution in [3.63, 3.8) is 0 Å². The van der Waals surface area contributed by atoms with Crippen LogP contribution in [0.1, 0.15) is 69.2 Å². The topological polar surface area (TPSA) is 329 Å². The molecule has 0 unspecified atom stereocenters. The normalized spacial score (nSPS) is 21.1. The van der Waals surface area contributed by atoms with Gasteiger partial charge in [-0.25, -0.2) is 4.79 Å². The zero-order chi connectivity index (χ0) is 59.8. The molecule has 0 radical (unpaired) electrons. The summed E-state index contributed by atoms with van der Waals surface area (Å²) in [6, 6.07) is 24.6. The number of aromatic nitrogens is 1. The molecule has 0 bridgehead atoms. The molecule has 8 atom stereocenters. The Hall–Kier alpha value is -7.92. The molecule has 14 N–H and O–H groups in total. The summed E-state index contributed by atoms with van der Waals surface area (Å²) >= 11 is 0. The van der Waals surface area contributed by atoms with Gasteiger partial charge in [0.2, 0.25) is 41.4 Å². The Bertz CT molecular complexity index is 3250. The monoisotopic (exact) mass is 1170 g/mol. The number of aromatic amines is 1. The average Bonchev–Trinajstić information content (AvgIpc) is 4.09. The predicted octanol–water partition coefficient (Wildman–Crippen LogP) is 4.06. The van der Waals surface area contributed by atoms with Crippen molar-refractivity contribution in [2.75, 3.05) is 12.3 Å². The van der Waals surface area contributed by atoms with Gasteiger partial charge in [-0.05, 0) is 103 Å². The lowest BCUT2D eigenvalue weighted by Gasteiger charge is -2.35. The first kappa shape index (κ1) is 62.7. The average molecular weight is 1170 g/mol. The zero-order valence-corrected chi connectivity index (χ0v) is 48.4. The summed E-state index contributed by atoms with van der Waals surface area (Å²) in [4.78, 5) is 119. The van der Waals surface area contributed by atoms with Gasteiger partial charge in [-0.2, -0.15) is 0 Å². The lowest BCUT2D eigenvalue weighted by molar-refractivity contribution is -0.143. The summed E-state index contributed by atoms with van der Waals surface area (Å²) in [5, 5.41) is 42.5. The van der Waals surface area contributed by atoms with E-state index in [4.69, 9.17) is 11.5 Å². The van der Waals surface area contributed by atoms with Gasteiger partial charge < -0.3 is 63.9 Å². The van der Waals surface area contributed by atoms with Gasteiger partial charge in [0.25, 0.3) is 0 Å². The molecule has 5 aromatic carbocycles. The van der Waals surface area contributed by atoms with Gasteiger partial charge in [-0.3, -0.25) is 33.6 Å². The minimum Gasteiger partial charge on any atom is -0.508 e. The molecule has 0 saturated carbocycles. The molecular formula is C61H74N10O10S2. The van der Waals surface area contributed by atoms with E-state index in [1.54, 1.807) is 76.4 Å². The Labute approximate surface area is 490 Å². The van der Waals surface area contributed by atoms with Crippen LogP contribution in [0, 0.1) is 5.92 Å². The van der Waals surface area contributed by atoms with Crippen LogP contribution in [0.15, 0.2) is 128 Å². The van der Waals surface area contributed by atoms with Crippen molar-refractivity contribution >= 4 is 90.6 Å². The molecule has 22 heteroatoms. The van der Waals surface area contributed by atoms with Crippen molar-refractivity contribution in [3.05, 3.63) is 150 Å². The van der Waals surface area contributed by atoms with Crippen LogP contribution in [0.5, 0.6) is 5.75 Å². The molecular weight excluding hydrogens is 1100 g/mol. The third-order valence-electron chi connectivity index (χ3n) is 14.5. The number of nitrogens with two attached hydrogens (primary N) is 2. The minimum absolute atomic E-state index is 0.0436. The van der Waals surface area contributed by atoms with E-state index in [0.717, 1.165) is 48.8 Å². The summed E-state index contributed by atoms with van der Waals surface area (Å²) in [5.74, 6) is -7.73. The molecule has 83 heavy (non-hydrogen) atoms. The van der Waals surface area contributed by atoms with E-state index >= 15 is 14.4 Å². The summed E-state index contributed by atoms with van der Waals surface area (Å²) in [7, 11) is 2.11. The van der Waals surface area contributed by atoms with Crippen molar-refractivity contribution < 1.29 is 48.6 Å². The van der Waals surface area contributed by atoms with Crippen molar-refractivity contribution in [1.29, 1.82) is 0 Å². The van der Waals surface area contributed by atoms with Crippen LogP contribution in [0.4, 0.5) is 0 Å². The van der Waals surface area contributed by atoms with Gasteiger partial charge in [-0.1, -0.05) is 139 Å². The van der Waals surface area contributed by atoms with Gasteiger partial charge in [0.15, 0.2) is 0 Å². The van der Waals surface area contributed by atoms with Gasteiger partial charge >= 0.3 is 5.97 Å². The number of aromatic hydroxyl groups is 1. The number of carboxylic acid groups (broad SMARTS) is 1. The fourth-order valence-electron chi connectivity index (χ4n) is 9.83. The number of carbonyl (C=O) groups is 8. The number of fused-ring (bicyclic) bond motifs is 2. The lowest BCUT2D eigenvalue weighted by atomic mass is 9.97. The number of phenolic OH excluding ortho intramolecular Hbond substituents is 1. The first-order valence-corrected chi connectivity index (χ1v) is 30.0. The van der Waals surface area contributed by atoms with Crippen molar-refractivity contribution in [3.8, 4) is 5.75 Å². The van der Waals surface area contributed by atoms with Gasteiger partial charge in [0.1, 0.15) is 48.0 Å². The SMILES string of the molecule is CC(C)[C@H](NC(=O)[C@@H]1CSSC(C)(C)[C@H](NC(=O)[C@@H](N)Cc2cccc3ccccc23)C(=O)N[C@@H](Cc2ccccc2)C(=O)N[C@@H](Cc2c[nH]c3ccccc23)C(=O)N[C@@H](CCCCN)C(=O)N[C@@H](Cc2ccc(O)cc2)C(=O)N1)C(=O)O. The number of phenols is 1. The highest BCUT2D eigenvalue weighted by Gasteiger charge is 2.42. The number of para-hydroxylation sites is 1. The van der Waals surface area contributed by atoms with E-state index in [1.807, 2.05) is 66.7 Å². The predicted molar refractivity (Wildman–Crippen MR) is 323 cm³/mol. The molecule has 20 nitrogen and oxygen atoms in total. The van der Waals surface area contributed by atoms with E-state index in [-0.39, 0.29) is 50.2 Å². The lowest BCUT2D eigenvalue weighted by Crippen LogP contribution is -2.63. The van der Waals surface area contributed by atoms with E-state index in [2.05, 4.69) is 42.2 Å². The molecule has 1 aromatic heterocycles. The van der Waals surface area contributed by atoms with Crippen LogP contribution in [0.3, 0.4) is 0 Å². The number of unbranched alkanes of at least 4 members (excludes halogenated alkanes) is 1. The molecule has 7 rings (SSSR count). The highest BCUT2D eigenvalue weighted by atomic mass is 33.1. The number of aliphatic carboxylic acids is 1. The summed E-state index contributed by atoms with van der Waals surface area (Å²) in [6.45, 7) is 6.82. The van der Waals surface area contributed by atoms with Crippen LogP contribution in [0.2, 0.25) is 0 Å². The van der Waals surface area contributed by atoms with Crippen LogP contribution < -0.4 is 48.7 Å². The molecule has 6 aromatic rings. The third kappa shape index (κ3) is 17.3. The second-order valence-electron chi connectivity index (χ2n) is 21.6. The summed E-state index contributed by atoms with van der Waals surface area (Å²) < 4.78 is -1.32. The first-order valence-electron chi connectivity index (χ1n) is 27.7. The summed E-state index contributed by atoms with van der Waals surface area (Å²) in [5.41, 5.74) is 15.9. The Morgan fingerprint density at radius 1 is 0.663 bits per heavy atom. The molecule has 1 aliphatic rings.